The average Bonchev–Trinajstić information content (AvgIpc) is 3.07. The van der Waals surface area contributed by atoms with Crippen molar-refractivity contribution in [1.29, 1.82) is 0 Å². The van der Waals surface area contributed by atoms with Crippen molar-refractivity contribution < 1.29 is 23.9 Å². The third kappa shape index (κ3) is 5.19. The van der Waals surface area contributed by atoms with Crippen molar-refractivity contribution in [2.45, 2.75) is 13.3 Å². The quantitative estimate of drug-likeness (QED) is 0.724. The van der Waals surface area contributed by atoms with Gasteiger partial charge in [0, 0.05) is 17.7 Å². The molecule has 0 aliphatic carbocycles. The molecule has 3 amide bonds. The summed E-state index contributed by atoms with van der Waals surface area (Å²) in [6.45, 7) is 1.34. The zero-order valence-corrected chi connectivity index (χ0v) is 15.9. The Bertz CT molecular complexity index is 929. The van der Waals surface area contributed by atoms with Crippen molar-refractivity contribution >= 4 is 29.4 Å². The lowest BCUT2D eigenvalue weighted by atomic mass is 10.1. The van der Waals surface area contributed by atoms with E-state index in [4.69, 9.17) is 4.74 Å². The molecule has 1 aliphatic heterocycles. The summed E-state index contributed by atoms with van der Waals surface area (Å²) in [6.07, 6.45) is -0.0901. The van der Waals surface area contributed by atoms with E-state index in [2.05, 4.69) is 10.7 Å². The van der Waals surface area contributed by atoms with Gasteiger partial charge < -0.3 is 10.1 Å². The number of hydrogen-bond acceptors (Lipinski definition) is 5. The maximum absolute atomic E-state index is 12.4. The molecule has 2 aromatic rings. The van der Waals surface area contributed by atoms with E-state index in [1.165, 1.54) is 0 Å². The molecule has 1 heterocycles. The van der Waals surface area contributed by atoms with Gasteiger partial charge in [0.25, 0.3) is 11.8 Å². The monoisotopic (exact) mass is 395 g/mol. The number of nitrogens with one attached hydrogen (secondary N) is 2. The van der Waals surface area contributed by atoms with Gasteiger partial charge in [0.15, 0.2) is 6.61 Å². The molecule has 0 saturated carbocycles. The van der Waals surface area contributed by atoms with Gasteiger partial charge in [-0.1, -0.05) is 36.4 Å². The minimum absolute atomic E-state index is 0.00437. The number of rotatable bonds is 6. The maximum atomic E-state index is 12.4. The van der Waals surface area contributed by atoms with Crippen molar-refractivity contribution in [2.75, 3.05) is 18.5 Å². The molecule has 2 N–H and O–H groups in total. The van der Waals surface area contributed by atoms with Crippen LogP contribution in [0.3, 0.4) is 0 Å². The van der Waals surface area contributed by atoms with Crippen LogP contribution in [0.2, 0.25) is 0 Å². The first-order valence-corrected chi connectivity index (χ1v) is 9.12. The van der Waals surface area contributed by atoms with Crippen LogP contribution < -0.4 is 10.7 Å². The zero-order valence-electron chi connectivity index (χ0n) is 15.9. The molecule has 1 atom stereocenters. The first-order chi connectivity index (χ1) is 13.9. The standard InChI is InChI=1S/C21H21N3O5/c1-14-7-5-6-10-17(14)20(27)23-24-12-15(11-19(24)26)21(28)29-13-18(25)22-16-8-3-2-4-9-16/h2-10,15H,11-13H2,1H3,(H,22,25)(H,23,27)/t15-/m0/s1. The molecule has 0 aromatic heterocycles. The van der Waals surface area contributed by atoms with E-state index in [1.54, 1.807) is 49.4 Å². The Labute approximate surface area is 167 Å². The molecule has 150 valence electrons. The van der Waals surface area contributed by atoms with Gasteiger partial charge >= 0.3 is 5.97 Å². The maximum Gasteiger partial charge on any atom is 0.311 e. The lowest BCUT2D eigenvalue weighted by molar-refractivity contribution is -0.151. The van der Waals surface area contributed by atoms with Gasteiger partial charge in [-0.25, -0.2) is 0 Å². The molecule has 29 heavy (non-hydrogen) atoms. The minimum atomic E-state index is -0.746. The van der Waals surface area contributed by atoms with E-state index in [1.807, 2.05) is 12.1 Å². The van der Waals surface area contributed by atoms with E-state index >= 15 is 0 Å². The van der Waals surface area contributed by atoms with Crippen LogP contribution in [-0.4, -0.2) is 41.9 Å². The Morgan fingerprint density at radius 1 is 1.07 bits per heavy atom. The van der Waals surface area contributed by atoms with Crippen LogP contribution >= 0.6 is 0 Å². The molecule has 0 radical (unpaired) electrons. The molecule has 1 aliphatic rings. The lowest BCUT2D eigenvalue weighted by Crippen LogP contribution is -2.43. The van der Waals surface area contributed by atoms with Gasteiger partial charge in [0.2, 0.25) is 5.91 Å². The highest BCUT2D eigenvalue weighted by Gasteiger charge is 2.36. The van der Waals surface area contributed by atoms with Crippen LogP contribution in [0, 0.1) is 12.8 Å². The van der Waals surface area contributed by atoms with Crippen molar-refractivity contribution in [1.82, 2.24) is 10.4 Å². The fourth-order valence-electron chi connectivity index (χ4n) is 2.96. The van der Waals surface area contributed by atoms with Gasteiger partial charge in [-0.3, -0.25) is 29.6 Å². The fourth-order valence-corrected chi connectivity index (χ4v) is 2.96. The summed E-state index contributed by atoms with van der Waals surface area (Å²) < 4.78 is 5.02. The normalized spacial score (nSPS) is 15.7. The molecule has 2 aromatic carbocycles. The number of amides is 3. The van der Waals surface area contributed by atoms with E-state index < -0.39 is 30.3 Å². The lowest BCUT2D eigenvalue weighted by Gasteiger charge is -2.18. The molecule has 0 unspecified atom stereocenters. The minimum Gasteiger partial charge on any atom is -0.455 e. The van der Waals surface area contributed by atoms with Crippen LogP contribution in [0.1, 0.15) is 22.3 Å². The number of nitrogens with zero attached hydrogens (tertiary/aromatic N) is 1. The highest BCUT2D eigenvalue weighted by atomic mass is 16.5. The van der Waals surface area contributed by atoms with Crippen LogP contribution in [0.15, 0.2) is 54.6 Å². The van der Waals surface area contributed by atoms with Crippen molar-refractivity contribution in [3.63, 3.8) is 0 Å². The van der Waals surface area contributed by atoms with Gasteiger partial charge in [-0.15, -0.1) is 0 Å². The van der Waals surface area contributed by atoms with Crippen LogP contribution in [-0.2, 0) is 19.1 Å². The molecular formula is C21H21N3O5. The summed E-state index contributed by atoms with van der Waals surface area (Å²) in [5.74, 6) is -2.69. The predicted octanol–water partition coefficient (Wildman–Crippen LogP) is 1.67. The number of carbonyl (C=O) groups is 4. The van der Waals surface area contributed by atoms with Gasteiger partial charge in [0.05, 0.1) is 12.5 Å². The number of hydrogen-bond donors (Lipinski definition) is 2. The number of aryl methyl sites for hydroxylation is 1. The third-order valence-electron chi connectivity index (χ3n) is 4.49. The Morgan fingerprint density at radius 3 is 2.48 bits per heavy atom. The molecule has 8 nitrogen and oxygen atoms in total. The van der Waals surface area contributed by atoms with Crippen molar-refractivity contribution in [3.05, 3.63) is 65.7 Å². The summed E-state index contributed by atoms with van der Waals surface area (Å²) >= 11 is 0. The van der Waals surface area contributed by atoms with Crippen molar-refractivity contribution in [3.8, 4) is 0 Å². The number of anilines is 1. The number of benzene rings is 2. The van der Waals surface area contributed by atoms with Crippen LogP contribution in [0.4, 0.5) is 5.69 Å². The molecule has 0 bridgehead atoms. The topological polar surface area (TPSA) is 105 Å². The first kappa shape index (κ1) is 20.1. The summed E-state index contributed by atoms with van der Waals surface area (Å²) in [5, 5.41) is 3.72. The van der Waals surface area contributed by atoms with E-state index in [9.17, 15) is 19.2 Å². The molecular weight excluding hydrogens is 374 g/mol. The molecule has 1 fully saturated rings. The predicted molar refractivity (Wildman–Crippen MR) is 104 cm³/mol. The van der Waals surface area contributed by atoms with E-state index in [0.717, 1.165) is 10.6 Å². The average molecular weight is 395 g/mol. The largest absolute Gasteiger partial charge is 0.455 e. The number of ether oxygens (including phenoxy) is 1. The highest BCUT2D eigenvalue weighted by molar-refractivity contribution is 5.98. The van der Waals surface area contributed by atoms with Gasteiger partial charge in [-0.05, 0) is 30.7 Å². The molecule has 1 saturated heterocycles. The number of carbonyl (C=O) groups excluding carboxylic acids is 4. The first-order valence-electron chi connectivity index (χ1n) is 9.12. The molecule has 3 rings (SSSR count). The van der Waals surface area contributed by atoms with Gasteiger partial charge in [0.1, 0.15) is 0 Å². The SMILES string of the molecule is Cc1ccccc1C(=O)NN1C[C@@H](C(=O)OCC(=O)Nc2ccccc2)CC1=O. The summed E-state index contributed by atoms with van der Waals surface area (Å²) in [5.41, 5.74) is 4.34. The fraction of sp³-hybridized carbons (Fsp3) is 0.238. The van der Waals surface area contributed by atoms with Gasteiger partial charge in [-0.2, -0.15) is 0 Å². The highest BCUT2D eigenvalue weighted by Crippen LogP contribution is 2.18. The number of esters is 1. The smallest absolute Gasteiger partial charge is 0.311 e. The summed E-state index contributed by atoms with van der Waals surface area (Å²) in [6, 6.07) is 15.8. The summed E-state index contributed by atoms with van der Waals surface area (Å²) in [4.78, 5) is 48.6. The van der Waals surface area contributed by atoms with Crippen LogP contribution in [0.25, 0.3) is 0 Å². The Hall–Kier alpha value is -3.68. The Kier molecular flexibility index (Phi) is 6.23. The van der Waals surface area contributed by atoms with E-state index in [0.29, 0.717) is 11.3 Å². The van der Waals surface area contributed by atoms with E-state index in [-0.39, 0.29) is 18.9 Å². The van der Waals surface area contributed by atoms with Crippen LogP contribution in [0.5, 0.6) is 0 Å². The second-order valence-electron chi connectivity index (χ2n) is 6.68. The zero-order chi connectivity index (χ0) is 20.8. The third-order valence-corrected chi connectivity index (χ3v) is 4.49. The van der Waals surface area contributed by atoms with Crippen molar-refractivity contribution in [2.24, 2.45) is 5.92 Å². The molecule has 8 heteroatoms. The number of para-hydroxylation sites is 1. The number of hydrazine groups is 1. The Balaban J connectivity index is 1.49. The second-order valence-corrected chi connectivity index (χ2v) is 6.68. The summed E-state index contributed by atoms with van der Waals surface area (Å²) in [7, 11) is 0. The second kappa shape index (κ2) is 9.01. The Morgan fingerprint density at radius 2 is 1.76 bits per heavy atom. The molecule has 0 spiro atoms.